The van der Waals surface area contributed by atoms with Gasteiger partial charge in [0.05, 0.1) is 27.4 Å². The Balaban J connectivity index is 1.47. The number of nitrogens with zero attached hydrogens (tertiary/aromatic N) is 4. The van der Waals surface area contributed by atoms with Crippen LogP contribution in [0.4, 0.5) is 5.13 Å². The molecule has 0 N–H and O–H groups in total. The lowest BCUT2D eigenvalue weighted by atomic mass is 10.2. The number of pyridine rings is 1. The first-order chi connectivity index (χ1) is 15.9. The average Bonchev–Trinajstić information content (AvgIpc) is 3.60. The van der Waals surface area contributed by atoms with Crippen molar-refractivity contribution in [2.45, 2.75) is 30.3 Å². The SMILES string of the molecule is CN(C1CC1)S(=O)(=O)c1ccc(C(=O)N(Cc2ccccn2)c2nc3ccccc3s2)cc1. The minimum absolute atomic E-state index is 0.0733. The molecule has 2 heterocycles. The van der Waals surface area contributed by atoms with Gasteiger partial charge in [-0.15, -0.1) is 0 Å². The van der Waals surface area contributed by atoms with Gasteiger partial charge in [-0.1, -0.05) is 29.5 Å². The van der Waals surface area contributed by atoms with Crippen LogP contribution in [0, 0.1) is 0 Å². The summed E-state index contributed by atoms with van der Waals surface area (Å²) in [6.07, 6.45) is 3.46. The highest BCUT2D eigenvalue weighted by Gasteiger charge is 2.35. The van der Waals surface area contributed by atoms with Crippen LogP contribution >= 0.6 is 11.3 Å². The zero-order valence-corrected chi connectivity index (χ0v) is 19.6. The number of carbonyl (C=O) groups excluding carboxylic acids is 1. The largest absolute Gasteiger partial charge is 0.278 e. The standard InChI is InChI=1S/C24H22N4O3S2/c1-27(19-11-12-19)33(30,31)20-13-9-17(10-14-20)23(29)28(16-18-6-4-5-15-25-18)24-26-21-7-2-3-8-22(21)32-24/h2-10,13-15,19H,11-12,16H2,1H3. The van der Waals surface area contributed by atoms with Gasteiger partial charge in [-0.3, -0.25) is 14.7 Å². The molecule has 33 heavy (non-hydrogen) atoms. The first-order valence-corrected chi connectivity index (χ1v) is 12.8. The molecule has 0 spiro atoms. The molecule has 1 aliphatic carbocycles. The van der Waals surface area contributed by atoms with Crippen LogP contribution < -0.4 is 4.90 Å². The fraction of sp³-hybridized carbons (Fsp3) is 0.208. The molecule has 1 saturated carbocycles. The first-order valence-electron chi connectivity index (χ1n) is 10.6. The zero-order valence-electron chi connectivity index (χ0n) is 18.0. The van der Waals surface area contributed by atoms with Gasteiger partial charge in [-0.25, -0.2) is 13.4 Å². The molecule has 0 radical (unpaired) electrons. The Morgan fingerprint density at radius 1 is 1.03 bits per heavy atom. The van der Waals surface area contributed by atoms with Gasteiger partial charge in [0, 0.05) is 24.8 Å². The molecule has 1 amide bonds. The third kappa shape index (κ3) is 4.39. The van der Waals surface area contributed by atoms with Crippen molar-refractivity contribution in [2.24, 2.45) is 0 Å². The fourth-order valence-electron chi connectivity index (χ4n) is 3.58. The van der Waals surface area contributed by atoms with Crippen molar-refractivity contribution in [3.63, 3.8) is 0 Å². The van der Waals surface area contributed by atoms with E-state index in [2.05, 4.69) is 9.97 Å². The number of carbonyl (C=O) groups is 1. The number of fused-ring (bicyclic) bond motifs is 1. The van der Waals surface area contributed by atoms with Crippen LogP contribution in [0.5, 0.6) is 0 Å². The number of hydrogen-bond donors (Lipinski definition) is 0. The lowest BCUT2D eigenvalue weighted by Gasteiger charge is -2.20. The van der Waals surface area contributed by atoms with Crippen molar-refractivity contribution in [1.29, 1.82) is 0 Å². The highest BCUT2D eigenvalue weighted by molar-refractivity contribution is 7.89. The Labute approximate surface area is 196 Å². The van der Waals surface area contributed by atoms with Gasteiger partial charge < -0.3 is 0 Å². The molecule has 2 aromatic carbocycles. The maximum atomic E-state index is 13.5. The molecule has 1 aliphatic rings. The van der Waals surface area contributed by atoms with Crippen molar-refractivity contribution < 1.29 is 13.2 Å². The third-order valence-electron chi connectivity index (χ3n) is 5.64. The predicted octanol–water partition coefficient (Wildman–Crippen LogP) is 4.32. The molecule has 0 aliphatic heterocycles. The van der Waals surface area contributed by atoms with Crippen LogP contribution in [0.1, 0.15) is 28.9 Å². The van der Waals surface area contributed by atoms with Crippen molar-refractivity contribution in [3.8, 4) is 0 Å². The van der Waals surface area contributed by atoms with Gasteiger partial charge in [-0.05, 0) is 61.4 Å². The van der Waals surface area contributed by atoms with E-state index in [1.54, 1.807) is 30.3 Å². The topological polar surface area (TPSA) is 83.5 Å². The van der Waals surface area contributed by atoms with E-state index in [-0.39, 0.29) is 23.4 Å². The molecule has 1 fully saturated rings. The number of anilines is 1. The zero-order chi connectivity index (χ0) is 23.0. The summed E-state index contributed by atoms with van der Waals surface area (Å²) in [5.41, 5.74) is 1.94. The second-order valence-electron chi connectivity index (χ2n) is 7.95. The summed E-state index contributed by atoms with van der Waals surface area (Å²) in [6.45, 7) is 0.254. The van der Waals surface area contributed by atoms with E-state index < -0.39 is 10.0 Å². The van der Waals surface area contributed by atoms with E-state index in [0.29, 0.717) is 10.7 Å². The quantitative estimate of drug-likeness (QED) is 0.395. The normalized spacial score (nSPS) is 14.0. The van der Waals surface area contributed by atoms with Crippen LogP contribution in [0.25, 0.3) is 10.2 Å². The number of aromatic nitrogens is 2. The highest BCUT2D eigenvalue weighted by Crippen LogP contribution is 2.32. The van der Waals surface area contributed by atoms with Gasteiger partial charge >= 0.3 is 0 Å². The fourth-order valence-corrected chi connectivity index (χ4v) is 5.96. The number of benzene rings is 2. The Kier molecular flexibility index (Phi) is 5.69. The molecule has 2 aromatic heterocycles. The third-order valence-corrected chi connectivity index (χ3v) is 8.63. The van der Waals surface area contributed by atoms with E-state index >= 15 is 0 Å². The van der Waals surface area contributed by atoms with Crippen LogP contribution in [-0.4, -0.2) is 41.7 Å². The molecule has 0 saturated heterocycles. The molecule has 0 bridgehead atoms. The maximum absolute atomic E-state index is 13.5. The Bertz CT molecular complexity index is 1370. The van der Waals surface area contributed by atoms with Gasteiger partial charge in [0.1, 0.15) is 0 Å². The van der Waals surface area contributed by atoms with Crippen LogP contribution in [-0.2, 0) is 16.6 Å². The molecular formula is C24H22N4O3S2. The number of rotatable bonds is 7. The van der Waals surface area contributed by atoms with Crippen LogP contribution in [0.2, 0.25) is 0 Å². The summed E-state index contributed by atoms with van der Waals surface area (Å²) in [6, 6.07) is 19.5. The summed E-state index contributed by atoms with van der Waals surface area (Å²) < 4.78 is 28.0. The van der Waals surface area contributed by atoms with Crippen LogP contribution in [0.3, 0.4) is 0 Å². The molecule has 0 atom stereocenters. The highest BCUT2D eigenvalue weighted by atomic mass is 32.2. The smallest absolute Gasteiger partial charge is 0.260 e. The molecule has 168 valence electrons. The monoisotopic (exact) mass is 478 g/mol. The number of sulfonamides is 1. The molecule has 0 unspecified atom stereocenters. The van der Waals surface area contributed by atoms with Gasteiger partial charge in [-0.2, -0.15) is 4.31 Å². The van der Waals surface area contributed by atoms with E-state index in [1.165, 1.54) is 27.8 Å². The van der Waals surface area contributed by atoms with E-state index in [1.807, 2.05) is 42.5 Å². The lowest BCUT2D eigenvalue weighted by molar-refractivity contribution is 0.0984. The summed E-state index contributed by atoms with van der Waals surface area (Å²) in [4.78, 5) is 24.3. The predicted molar refractivity (Wildman–Crippen MR) is 129 cm³/mol. The first kappa shape index (κ1) is 21.7. The van der Waals surface area contributed by atoms with Crippen molar-refractivity contribution in [1.82, 2.24) is 14.3 Å². The van der Waals surface area contributed by atoms with E-state index in [4.69, 9.17) is 0 Å². The minimum Gasteiger partial charge on any atom is -0.278 e. The van der Waals surface area contributed by atoms with E-state index in [0.717, 1.165) is 28.8 Å². The lowest BCUT2D eigenvalue weighted by Crippen LogP contribution is -2.31. The number of thiazole rings is 1. The second-order valence-corrected chi connectivity index (χ2v) is 11.0. The number of hydrogen-bond acceptors (Lipinski definition) is 6. The van der Waals surface area contributed by atoms with E-state index in [9.17, 15) is 13.2 Å². The molecule has 9 heteroatoms. The Morgan fingerprint density at radius 3 is 2.42 bits per heavy atom. The Hall–Kier alpha value is -3.14. The molecular weight excluding hydrogens is 456 g/mol. The average molecular weight is 479 g/mol. The summed E-state index contributed by atoms with van der Waals surface area (Å²) >= 11 is 1.43. The van der Waals surface area contributed by atoms with Crippen molar-refractivity contribution in [3.05, 3.63) is 84.2 Å². The molecule has 7 nitrogen and oxygen atoms in total. The van der Waals surface area contributed by atoms with Gasteiger partial charge in [0.15, 0.2) is 5.13 Å². The summed E-state index contributed by atoms with van der Waals surface area (Å²) in [5.74, 6) is -0.265. The van der Waals surface area contributed by atoms with Gasteiger partial charge in [0.25, 0.3) is 5.91 Å². The summed E-state index contributed by atoms with van der Waals surface area (Å²) in [5, 5.41) is 0.567. The number of amides is 1. The maximum Gasteiger partial charge on any atom is 0.260 e. The summed E-state index contributed by atoms with van der Waals surface area (Å²) in [7, 11) is -1.96. The van der Waals surface area contributed by atoms with Crippen molar-refractivity contribution in [2.75, 3.05) is 11.9 Å². The van der Waals surface area contributed by atoms with Gasteiger partial charge in [0.2, 0.25) is 10.0 Å². The molecule has 5 rings (SSSR count). The number of para-hydroxylation sites is 1. The Morgan fingerprint density at radius 2 is 1.76 bits per heavy atom. The minimum atomic E-state index is -3.57. The van der Waals surface area contributed by atoms with Crippen LogP contribution in [0.15, 0.2) is 77.8 Å². The molecule has 4 aromatic rings. The second kappa shape index (κ2) is 8.66. The van der Waals surface area contributed by atoms with Crippen molar-refractivity contribution >= 4 is 42.6 Å².